The normalized spacial score (nSPS) is 12.9. The minimum absolute atomic E-state index is 0.253. The second-order valence-electron chi connectivity index (χ2n) is 4.89. The van der Waals surface area contributed by atoms with Crippen molar-refractivity contribution in [2.45, 2.75) is 71.4 Å². The molecule has 0 saturated heterocycles. The van der Waals surface area contributed by atoms with Gasteiger partial charge in [-0.1, -0.05) is 39.5 Å². The van der Waals surface area contributed by atoms with E-state index in [9.17, 15) is 0 Å². The fourth-order valence-electron chi connectivity index (χ4n) is 1.94. The Bertz CT molecular complexity index is 293. The highest BCUT2D eigenvalue weighted by Crippen LogP contribution is 2.06. The predicted octanol–water partition coefficient (Wildman–Crippen LogP) is 3.13. The van der Waals surface area contributed by atoms with E-state index in [1.54, 1.807) is 0 Å². The van der Waals surface area contributed by atoms with Gasteiger partial charge in [0.15, 0.2) is 0 Å². The molecule has 3 nitrogen and oxygen atoms in total. The van der Waals surface area contributed by atoms with E-state index in [4.69, 9.17) is 5.73 Å². The van der Waals surface area contributed by atoms with Gasteiger partial charge in [0.1, 0.15) is 0 Å². The van der Waals surface area contributed by atoms with Crippen LogP contribution in [-0.2, 0) is 13.0 Å². The zero-order valence-corrected chi connectivity index (χ0v) is 11.4. The minimum atomic E-state index is 0.253. The molecule has 2 N–H and O–H groups in total. The SMILES string of the molecule is CCCCCCCn1cnc(CC(N)CC)c1. The van der Waals surface area contributed by atoms with Gasteiger partial charge in [0.2, 0.25) is 0 Å². The number of hydrogen-bond acceptors (Lipinski definition) is 2. The van der Waals surface area contributed by atoms with Crippen LogP contribution >= 0.6 is 0 Å². The number of rotatable bonds is 9. The van der Waals surface area contributed by atoms with Gasteiger partial charge in [0.25, 0.3) is 0 Å². The number of aryl methyl sites for hydroxylation is 1. The minimum Gasteiger partial charge on any atom is -0.337 e. The van der Waals surface area contributed by atoms with Crippen LogP contribution in [0.2, 0.25) is 0 Å². The first-order valence-electron chi connectivity index (χ1n) is 7.02. The van der Waals surface area contributed by atoms with Crippen molar-refractivity contribution in [3.05, 3.63) is 18.2 Å². The molecule has 3 heteroatoms. The lowest BCUT2D eigenvalue weighted by Crippen LogP contribution is -2.21. The van der Waals surface area contributed by atoms with Crippen molar-refractivity contribution in [1.82, 2.24) is 9.55 Å². The molecule has 1 rings (SSSR count). The summed E-state index contributed by atoms with van der Waals surface area (Å²) in [6, 6.07) is 0.253. The molecule has 1 aromatic rings. The summed E-state index contributed by atoms with van der Waals surface area (Å²) in [5, 5.41) is 0. The van der Waals surface area contributed by atoms with E-state index in [1.807, 2.05) is 6.33 Å². The molecule has 17 heavy (non-hydrogen) atoms. The molecular formula is C14H27N3. The Labute approximate surface area is 105 Å². The second-order valence-corrected chi connectivity index (χ2v) is 4.89. The second kappa shape index (κ2) is 8.29. The van der Waals surface area contributed by atoms with Gasteiger partial charge in [-0.3, -0.25) is 0 Å². The largest absolute Gasteiger partial charge is 0.337 e. The van der Waals surface area contributed by atoms with E-state index in [-0.39, 0.29) is 6.04 Å². The zero-order chi connectivity index (χ0) is 12.5. The van der Waals surface area contributed by atoms with Crippen LogP contribution < -0.4 is 5.73 Å². The van der Waals surface area contributed by atoms with Crippen LogP contribution in [0.5, 0.6) is 0 Å². The van der Waals surface area contributed by atoms with E-state index in [0.29, 0.717) is 0 Å². The fourth-order valence-corrected chi connectivity index (χ4v) is 1.94. The van der Waals surface area contributed by atoms with E-state index in [2.05, 4.69) is 29.6 Å². The topological polar surface area (TPSA) is 43.8 Å². The standard InChI is InChI=1S/C14H27N3/c1-3-5-6-7-8-9-17-11-14(16-12-17)10-13(15)4-2/h11-13H,3-10,15H2,1-2H3. The van der Waals surface area contributed by atoms with E-state index in [0.717, 1.165) is 25.1 Å². The highest BCUT2D eigenvalue weighted by Gasteiger charge is 2.04. The van der Waals surface area contributed by atoms with Gasteiger partial charge in [-0.05, 0) is 12.8 Å². The van der Waals surface area contributed by atoms with Crippen LogP contribution in [0.15, 0.2) is 12.5 Å². The molecule has 0 bridgehead atoms. The molecule has 0 spiro atoms. The molecule has 1 aromatic heterocycles. The molecule has 98 valence electrons. The molecule has 0 aliphatic heterocycles. The van der Waals surface area contributed by atoms with Crippen LogP contribution in [0.25, 0.3) is 0 Å². The van der Waals surface area contributed by atoms with Crippen LogP contribution in [-0.4, -0.2) is 15.6 Å². The van der Waals surface area contributed by atoms with Gasteiger partial charge < -0.3 is 10.3 Å². The van der Waals surface area contributed by atoms with E-state index >= 15 is 0 Å². The molecule has 0 amide bonds. The third kappa shape index (κ3) is 5.87. The Hall–Kier alpha value is -0.830. The maximum atomic E-state index is 5.92. The van der Waals surface area contributed by atoms with Gasteiger partial charge in [-0.2, -0.15) is 0 Å². The number of nitrogens with zero attached hydrogens (tertiary/aromatic N) is 2. The van der Waals surface area contributed by atoms with Gasteiger partial charge in [-0.25, -0.2) is 4.98 Å². The number of aromatic nitrogens is 2. The van der Waals surface area contributed by atoms with E-state index in [1.165, 1.54) is 32.1 Å². The summed E-state index contributed by atoms with van der Waals surface area (Å²) in [6.07, 6.45) is 12.6. The van der Waals surface area contributed by atoms with Gasteiger partial charge >= 0.3 is 0 Å². The van der Waals surface area contributed by atoms with Gasteiger partial charge in [0, 0.05) is 25.2 Å². The Kier molecular flexibility index (Phi) is 6.94. The van der Waals surface area contributed by atoms with Crippen molar-refractivity contribution < 1.29 is 0 Å². The number of hydrogen-bond donors (Lipinski definition) is 1. The van der Waals surface area contributed by atoms with E-state index < -0.39 is 0 Å². The summed E-state index contributed by atoms with van der Waals surface area (Å²) in [5.74, 6) is 0. The molecule has 0 aliphatic carbocycles. The summed E-state index contributed by atoms with van der Waals surface area (Å²) in [6.45, 7) is 5.46. The van der Waals surface area contributed by atoms with Crippen molar-refractivity contribution >= 4 is 0 Å². The Balaban J connectivity index is 2.21. The Morgan fingerprint density at radius 3 is 2.71 bits per heavy atom. The summed E-state index contributed by atoms with van der Waals surface area (Å²) in [7, 11) is 0. The number of unbranched alkanes of at least 4 members (excludes halogenated alkanes) is 4. The fraction of sp³-hybridized carbons (Fsp3) is 0.786. The van der Waals surface area contributed by atoms with Crippen LogP contribution in [0.3, 0.4) is 0 Å². The smallest absolute Gasteiger partial charge is 0.0949 e. The van der Waals surface area contributed by atoms with Crippen molar-refractivity contribution in [2.24, 2.45) is 5.73 Å². The summed E-state index contributed by atoms with van der Waals surface area (Å²) < 4.78 is 2.20. The molecular weight excluding hydrogens is 210 g/mol. The lowest BCUT2D eigenvalue weighted by molar-refractivity contribution is 0.567. The monoisotopic (exact) mass is 237 g/mol. The van der Waals surface area contributed by atoms with Gasteiger partial charge in [-0.15, -0.1) is 0 Å². The van der Waals surface area contributed by atoms with Crippen LogP contribution in [0, 0.1) is 0 Å². The molecule has 1 heterocycles. The Morgan fingerprint density at radius 1 is 1.24 bits per heavy atom. The maximum absolute atomic E-state index is 5.92. The van der Waals surface area contributed by atoms with Crippen molar-refractivity contribution in [3.8, 4) is 0 Å². The summed E-state index contributed by atoms with van der Waals surface area (Å²) in [5.41, 5.74) is 7.05. The highest BCUT2D eigenvalue weighted by atomic mass is 15.0. The first kappa shape index (κ1) is 14.2. The first-order chi connectivity index (χ1) is 8.26. The molecule has 0 aromatic carbocycles. The van der Waals surface area contributed by atoms with Crippen molar-refractivity contribution in [1.29, 1.82) is 0 Å². The highest BCUT2D eigenvalue weighted by molar-refractivity contribution is 4.99. The average Bonchev–Trinajstić information content (AvgIpc) is 2.76. The van der Waals surface area contributed by atoms with Crippen molar-refractivity contribution in [2.75, 3.05) is 0 Å². The molecule has 0 fully saturated rings. The lowest BCUT2D eigenvalue weighted by Gasteiger charge is -2.05. The summed E-state index contributed by atoms with van der Waals surface area (Å²) in [4.78, 5) is 4.40. The average molecular weight is 237 g/mol. The lowest BCUT2D eigenvalue weighted by atomic mass is 10.1. The zero-order valence-electron chi connectivity index (χ0n) is 11.4. The maximum Gasteiger partial charge on any atom is 0.0949 e. The third-order valence-electron chi connectivity index (χ3n) is 3.20. The molecule has 1 atom stereocenters. The predicted molar refractivity (Wildman–Crippen MR) is 73.0 cm³/mol. The third-order valence-corrected chi connectivity index (χ3v) is 3.20. The van der Waals surface area contributed by atoms with Gasteiger partial charge in [0.05, 0.1) is 12.0 Å². The number of nitrogens with two attached hydrogens (primary N) is 1. The molecule has 0 aliphatic rings. The molecule has 0 saturated carbocycles. The molecule has 0 radical (unpaired) electrons. The summed E-state index contributed by atoms with van der Waals surface area (Å²) >= 11 is 0. The number of imidazole rings is 1. The quantitative estimate of drug-likeness (QED) is 0.671. The van der Waals surface area contributed by atoms with Crippen LogP contribution in [0.1, 0.15) is 58.1 Å². The Morgan fingerprint density at radius 2 is 2.00 bits per heavy atom. The van der Waals surface area contributed by atoms with Crippen LogP contribution in [0.4, 0.5) is 0 Å². The first-order valence-corrected chi connectivity index (χ1v) is 7.02. The van der Waals surface area contributed by atoms with Crippen molar-refractivity contribution in [3.63, 3.8) is 0 Å². The molecule has 1 unspecified atom stereocenters.